The summed E-state index contributed by atoms with van der Waals surface area (Å²) in [6.07, 6.45) is 6.31. The van der Waals surface area contributed by atoms with E-state index >= 15 is 0 Å². The molecule has 0 aromatic carbocycles. The second-order valence-electron chi connectivity index (χ2n) is 5.73. The van der Waals surface area contributed by atoms with Gasteiger partial charge in [0.15, 0.2) is 0 Å². The number of carbonyl (C=O) groups is 3. The first-order valence-corrected chi connectivity index (χ1v) is 7.26. The molecule has 2 aliphatic carbocycles. The predicted octanol–water partition coefficient (Wildman–Crippen LogP) is 2.29. The fourth-order valence-electron chi connectivity index (χ4n) is 3.53. The maximum absolute atomic E-state index is 12.4. The van der Waals surface area contributed by atoms with Crippen molar-refractivity contribution in [2.45, 2.75) is 51.4 Å². The van der Waals surface area contributed by atoms with E-state index in [-0.39, 0.29) is 36.3 Å². The minimum Gasteiger partial charge on any atom is -0.469 e. The third-order valence-corrected chi connectivity index (χ3v) is 4.64. The van der Waals surface area contributed by atoms with Crippen molar-refractivity contribution in [3.63, 3.8) is 0 Å². The van der Waals surface area contributed by atoms with E-state index in [2.05, 4.69) is 4.74 Å². The summed E-state index contributed by atoms with van der Waals surface area (Å²) in [6, 6.07) is 0. The minimum atomic E-state index is -0.455. The van der Waals surface area contributed by atoms with E-state index in [9.17, 15) is 14.4 Å². The average Bonchev–Trinajstić information content (AvgIpc) is 2.45. The third kappa shape index (κ3) is 3.23. The first kappa shape index (κ1) is 14.2. The van der Waals surface area contributed by atoms with Crippen LogP contribution in [0.5, 0.6) is 0 Å². The lowest BCUT2D eigenvalue weighted by Gasteiger charge is -2.37. The molecule has 0 aromatic heterocycles. The highest BCUT2D eigenvalue weighted by Crippen LogP contribution is 2.41. The van der Waals surface area contributed by atoms with Crippen molar-refractivity contribution in [2.24, 2.45) is 17.8 Å². The van der Waals surface area contributed by atoms with Gasteiger partial charge in [0.05, 0.1) is 19.4 Å². The van der Waals surface area contributed by atoms with Crippen molar-refractivity contribution in [3.05, 3.63) is 0 Å². The van der Waals surface area contributed by atoms with Crippen LogP contribution in [0.3, 0.4) is 0 Å². The Hall–Kier alpha value is -1.19. The number of rotatable bonds is 4. The quantitative estimate of drug-likeness (QED) is 0.578. The zero-order valence-electron chi connectivity index (χ0n) is 11.5. The first-order chi connectivity index (χ1) is 9.13. The monoisotopic (exact) mass is 266 g/mol. The minimum absolute atomic E-state index is 0.0700. The van der Waals surface area contributed by atoms with E-state index in [1.54, 1.807) is 0 Å². The molecule has 4 heteroatoms. The Labute approximate surface area is 113 Å². The fraction of sp³-hybridized carbons (Fsp3) is 0.800. The molecule has 106 valence electrons. The van der Waals surface area contributed by atoms with Crippen LogP contribution >= 0.6 is 0 Å². The van der Waals surface area contributed by atoms with Gasteiger partial charge in [-0.05, 0) is 31.6 Å². The Kier molecular flexibility index (Phi) is 4.72. The van der Waals surface area contributed by atoms with Gasteiger partial charge in [-0.3, -0.25) is 14.4 Å². The summed E-state index contributed by atoms with van der Waals surface area (Å²) in [6.45, 7) is 0. The molecule has 0 spiro atoms. The molecule has 0 saturated heterocycles. The maximum Gasteiger partial charge on any atom is 0.305 e. The van der Waals surface area contributed by atoms with Crippen LogP contribution in [0.15, 0.2) is 0 Å². The highest BCUT2D eigenvalue weighted by molar-refractivity contribution is 6.04. The van der Waals surface area contributed by atoms with Gasteiger partial charge in [0.25, 0.3) is 0 Å². The van der Waals surface area contributed by atoms with Gasteiger partial charge in [-0.2, -0.15) is 0 Å². The molecule has 4 nitrogen and oxygen atoms in total. The van der Waals surface area contributed by atoms with Crippen LogP contribution in [-0.2, 0) is 19.1 Å². The van der Waals surface area contributed by atoms with Gasteiger partial charge >= 0.3 is 5.97 Å². The smallest absolute Gasteiger partial charge is 0.305 e. The number of hydrogen-bond acceptors (Lipinski definition) is 4. The van der Waals surface area contributed by atoms with Crippen LogP contribution in [-0.4, -0.2) is 24.6 Å². The molecule has 2 rings (SSSR count). The van der Waals surface area contributed by atoms with E-state index in [4.69, 9.17) is 0 Å². The van der Waals surface area contributed by atoms with Crippen molar-refractivity contribution >= 4 is 17.5 Å². The van der Waals surface area contributed by atoms with Crippen molar-refractivity contribution in [2.75, 3.05) is 7.11 Å². The Bertz CT molecular complexity index is 374. The number of fused-ring (bicyclic) bond motifs is 1. The molecule has 0 aliphatic heterocycles. The van der Waals surface area contributed by atoms with Gasteiger partial charge in [-0.15, -0.1) is 0 Å². The van der Waals surface area contributed by atoms with E-state index in [0.717, 1.165) is 25.7 Å². The number of hydrogen-bond donors (Lipinski definition) is 0. The summed E-state index contributed by atoms with van der Waals surface area (Å²) in [7, 11) is 1.31. The fourth-order valence-corrected chi connectivity index (χ4v) is 3.53. The van der Waals surface area contributed by atoms with Crippen molar-refractivity contribution in [3.8, 4) is 0 Å². The summed E-state index contributed by atoms with van der Waals surface area (Å²) >= 11 is 0. The molecule has 0 N–H and O–H groups in total. The SMILES string of the molecule is COC(=O)CCC(=O)C1CC[C@@H]2CCCCC2C1=O. The molecule has 0 heterocycles. The molecule has 0 bridgehead atoms. The summed E-state index contributed by atoms with van der Waals surface area (Å²) < 4.78 is 4.52. The average molecular weight is 266 g/mol. The van der Waals surface area contributed by atoms with Gasteiger partial charge in [0.1, 0.15) is 11.6 Å². The van der Waals surface area contributed by atoms with Crippen LogP contribution in [0.25, 0.3) is 0 Å². The number of methoxy groups -OCH3 is 1. The highest BCUT2D eigenvalue weighted by atomic mass is 16.5. The molecule has 2 saturated carbocycles. The lowest BCUT2D eigenvalue weighted by molar-refractivity contribution is -0.145. The Balaban J connectivity index is 1.91. The first-order valence-electron chi connectivity index (χ1n) is 7.26. The van der Waals surface area contributed by atoms with E-state index in [1.807, 2.05) is 0 Å². The number of ether oxygens (including phenoxy) is 1. The van der Waals surface area contributed by atoms with E-state index in [1.165, 1.54) is 13.5 Å². The maximum atomic E-state index is 12.4. The Morgan fingerprint density at radius 1 is 1.11 bits per heavy atom. The van der Waals surface area contributed by atoms with Crippen LogP contribution in [0, 0.1) is 17.8 Å². The van der Waals surface area contributed by atoms with Crippen LogP contribution in [0.1, 0.15) is 51.4 Å². The molecule has 0 radical (unpaired) electrons. The molecule has 0 aromatic rings. The Morgan fingerprint density at radius 3 is 2.58 bits per heavy atom. The van der Waals surface area contributed by atoms with E-state index in [0.29, 0.717) is 12.3 Å². The summed E-state index contributed by atoms with van der Waals surface area (Å²) in [4.78, 5) is 35.5. The lowest BCUT2D eigenvalue weighted by Crippen LogP contribution is -2.40. The largest absolute Gasteiger partial charge is 0.469 e. The molecule has 2 aliphatic rings. The van der Waals surface area contributed by atoms with Gasteiger partial charge in [0.2, 0.25) is 0 Å². The third-order valence-electron chi connectivity index (χ3n) is 4.64. The van der Waals surface area contributed by atoms with Gasteiger partial charge in [-0.25, -0.2) is 0 Å². The molecule has 2 fully saturated rings. The van der Waals surface area contributed by atoms with Crippen molar-refractivity contribution in [1.29, 1.82) is 0 Å². The van der Waals surface area contributed by atoms with Crippen LogP contribution in [0.2, 0.25) is 0 Å². The normalized spacial score (nSPS) is 30.6. The predicted molar refractivity (Wildman–Crippen MR) is 69.4 cm³/mol. The molecular weight excluding hydrogens is 244 g/mol. The zero-order chi connectivity index (χ0) is 13.8. The van der Waals surface area contributed by atoms with Crippen LogP contribution < -0.4 is 0 Å². The second-order valence-corrected chi connectivity index (χ2v) is 5.73. The standard InChI is InChI=1S/C15H22O4/c1-19-14(17)9-8-13(16)12-7-6-10-4-2-3-5-11(10)15(12)18/h10-12H,2-9H2,1H3/t10-,11?,12?/m0/s1. The number of Topliss-reactive ketones (excluding diaryl/α,β-unsaturated/α-hetero) is 2. The van der Waals surface area contributed by atoms with Crippen LogP contribution in [0.4, 0.5) is 0 Å². The molecule has 19 heavy (non-hydrogen) atoms. The van der Waals surface area contributed by atoms with E-state index < -0.39 is 5.92 Å². The van der Waals surface area contributed by atoms with Gasteiger partial charge in [-0.1, -0.05) is 12.8 Å². The Morgan fingerprint density at radius 2 is 1.84 bits per heavy atom. The summed E-state index contributed by atoms with van der Waals surface area (Å²) in [5.41, 5.74) is 0. The molecular formula is C15H22O4. The molecule has 3 atom stereocenters. The highest BCUT2D eigenvalue weighted by Gasteiger charge is 2.41. The zero-order valence-corrected chi connectivity index (χ0v) is 11.5. The van der Waals surface area contributed by atoms with Gasteiger partial charge < -0.3 is 4.74 Å². The number of ketones is 2. The van der Waals surface area contributed by atoms with Gasteiger partial charge in [0, 0.05) is 12.3 Å². The second kappa shape index (κ2) is 6.31. The molecule has 2 unspecified atom stereocenters. The summed E-state index contributed by atoms with van der Waals surface area (Å²) in [5.74, 6) is -0.151. The number of carbonyl (C=O) groups excluding carboxylic acids is 3. The molecule has 0 amide bonds. The number of esters is 1. The topological polar surface area (TPSA) is 60.4 Å². The van der Waals surface area contributed by atoms with Crippen molar-refractivity contribution in [1.82, 2.24) is 0 Å². The lowest BCUT2D eigenvalue weighted by atomic mass is 9.65. The summed E-state index contributed by atoms with van der Waals surface area (Å²) in [5, 5.41) is 0. The van der Waals surface area contributed by atoms with Crippen molar-refractivity contribution < 1.29 is 19.1 Å².